The lowest BCUT2D eigenvalue weighted by atomic mass is 9.89. The average molecular weight is 245 g/mol. The molecule has 0 spiro atoms. The standard InChI is InChI=1S/C11H19NO3S/c1-11(2,3)4-8(13)5-12-9(14)6-16-7-10(12)15/h8,13H,4-7H2,1-3H3. The molecule has 92 valence electrons. The molecule has 0 aliphatic carbocycles. The van der Waals surface area contributed by atoms with Crippen LogP contribution in [0.25, 0.3) is 0 Å². The molecule has 5 heteroatoms. The Labute approximate surface area is 100 Å². The summed E-state index contributed by atoms with van der Waals surface area (Å²) in [5.41, 5.74) is -0.00392. The molecule has 0 radical (unpaired) electrons. The zero-order chi connectivity index (χ0) is 12.3. The van der Waals surface area contributed by atoms with Crippen molar-refractivity contribution in [1.29, 1.82) is 0 Å². The van der Waals surface area contributed by atoms with Gasteiger partial charge in [-0.05, 0) is 11.8 Å². The first-order valence-corrected chi connectivity index (χ1v) is 6.54. The number of thioether (sulfide) groups is 1. The highest BCUT2D eigenvalue weighted by atomic mass is 32.2. The molecule has 1 N–H and O–H groups in total. The molecule has 1 unspecified atom stereocenters. The second-order valence-corrected chi connectivity index (χ2v) is 6.30. The number of aliphatic hydroxyl groups is 1. The third kappa shape index (κ3) is 4.14. The largest absolute Gasteiger partial charge is 0.391 e. The third-order valence-corrected chi connectivity index (χ3v) is 3.20. The van der Waals surface area contributed by atoms with Gasteiger partial charge in [-0.25, -0.2) is 0 Å². The van der Waals surface area contributed by atoms with E-state index in [9.17, 15) is 14.7 Å². The number of rotatable bonds is 3. The minimum atomic E-state index is -0.629. The first-order valence-electron chi connectivity index (χ1n) is 5.38. The van der Waals surface area contributed by atoms with Gasteiger partial charge in [0, 0.05) is 0 Å². The zero-order valence-corrected chi connectivity index (χ0v) is 10.8. The Kier molecular flexibility index (Phi) is 4.38. The van der Waals surface area contributed by atoms with E-state index in [1.54, 1.807) is 0 Å². The van der Waals surface area contributed by atoms with Gasteiger partial charge < -0.3 is 5.11 Å². The summed E-state index contributed by atoms with van der Waals surface area (Å²) in [6.07, 6.45) is -0.0481. The van der Waals surface area contributed by atoms with Crippen LogP contribution in [-0.4, -0.2) is 46.0 Å². The van der Waals surface area contributed by atoms with Crippen LogP contribution >= 0.6 is 11.8 Å². The Morgan fingerprint density at radius 1 is 1.31 bits per heavy atom. The molecule has 1 saturated heterocycles. The van der Waals surface area contributed by atoms with Crippen LogP contribution in [0, 0.1) is 5.41 Å². The molecule has 0 aromatic carbocycles. The second kappa shape index (κ2) is 5.19. The molecule has 0 saturated carbocycles. The SMILES string of the molecule is CC(C)(C)CC(O)CN1C(=O)CSCC1=O. The topological polar surface area (TPSA) is 57.6 Å². The summed E-state index contributed by atoms with van der Waals surface area (Å²) in [4.78, 5) is 24.1. The second-order valence-electron chi connectivity index (χ2n) is 5.31. The van der Waals surface area contributed by atoms with Crippen molar-refractivity contribution in [2.24, 2.45) is 5.41 Å². The minimum absolute atomic E-state index is 0.00392. The van der Waals surface area contributed by atoms with Gasteiger partial charge in [-0.3, -0.25) is 14.5 Å². The van der Waals surface area contributed by atoms with E-state index in [4.69, 9.17) is 0 Å². The Morgan fingerprint density at radius 3 is 2.25 bits per heavy atom. The van der Waals surface area contributed by atoms with Crippen molar-refractivity contribution in [3.8, 4) is 0 Å². The van der Waals surface area contributed by atoms with Crippen LogP contribution in [0.2, 0.25) is 0 Å². The van der Waals surface area contributed by atoms with Gasteiger partial charge in [0.25, 0.3) is 0 Å². The summed E-state index contributed by atoms with van der Waals surface area (Å²) >= 11 is 1.33. The van der Waals surface area contributed by atoms with Crippen molar-refractivity contribution in [2.75, 3.05) is 18.1 Å². The van der Waals surface area contributed by atoms with Crippen molar-refractivity contribution < 1.29 is 14.7 Å². The fourth-order valence-electron chi connectivity index (χ4n) is 1.71. The first kappa shape index (κ1) is 13.5. The molecule has 2 amide bonds. The predicted molar refractivity (Wildman–Crippen MR) is 64.1 cm³/mol. The normalized spacial score (nSPS) is 20.1. The molecule has 1 rings (SSSR count). The minimum Gasteiger partial charge on any atom is -0.391 e. The van der Waals surface area contributed by atoms with Gasteiger partial charge >= 0.3 is 0 Å². The number of hydrogen-bond acceptors (Lipinski definition) is 4. The zero-order valence-electron chi connectivity index (χ0n) is 10.0. The van der Waals surface area contributed by atoms with E-state index in [-0.39, 0.29) is 23.8 Å². The van der Waals surface area contributed by atoms with E-state index >= 15 is 0 Å². The van der Waals surface area contributed by atoms with Crippen molar-refractivity contribution in [2.45, 2.75) is 33.3 Å². The summed E-state index contributed by atoms with van der Waals surface area (Å²) in [5.74, 6) is 0.311. The molecule has 0 bridgehead atoms. The number of nitrogens with zero attached hydrogens (tertiary/aromatic N) is 1. The van der Waals surface area contributed by atoms with Gasteiger partial charge in [0.05, 0.1) is 24.2 Å². The number of carbonyl (C=O) groups is 2. The van der Waals surface area contributed by atoms with Crippen LogP contribution in [0.1, 0.15) is 27.2 Å². The Hall–Kier alpha value is -0.550. The van der Waals surface area contributed by atoms with E-state index < -0.39 is 6.10 Å². The highest BCUT2D eigenvalue weighted by molar-refractivity contribution is 8.00. The Bertz CT molecular complexity index is 269. The van der Waals surface area contributed by atoms with E-state index in [2.05, 4.69) is 0 Å². The van der Waals surface area contributed by atoms with Gasteiger partial charge in [-0.2, -0.15) is 0 Å². The van der Waals surface area contributed by atoms with Crippen LogP contribution in [0.5, 0.6) is 0 Å². The smallest absolute Gasteiger partial charge is 0.239 e. The number of imide groups is 1. The summed E-state index contributed by atoms with van der Waals surface area (Å²) in [6, 6.07) is 0. The molecule has 4 nitrogen and oxygen atoms in total. The maximum atomic E-state index is 11.5. The van der Waals surface area contributed by atoms with E-state index in [1.807, 2.05) is 20.8 Å². The van der Waals surface area contributed by atoms with Gasteiger partial charge in [0.15, 0.2) is 0 Å². The molecule has 1 aliphatic rings. The van der Waals surface area contributed by atoms with Crippen molar-refractivity contribution in [1.82, 2.24) is 4.90 Å². The van der Waals surface area contributed by atoms with Crippen molar-refractivity contribution >= 4 is 23.6 Å². The van der Waals surface area contributed by atoms with Crippen LogP contribution in [0.3, 0.4) is 0 Å². The van der Waals surface area contributed by atoms with Gasteiger partial charge in [-0.15, -0.1) is 11.8 Å². The molecular weight excluding hydrogens is 226 g/mol. The summed E-state index contributed by atoms with van der Waals surface area (Å²) in [6.45, 7) is 6.19. The number of aliphatic hydroxyl groups excluding tert-OH is 1. The van der Waals surface area contributed by atoms with Crippen molar-refractivity contribution in [3.63, 3.8) is 0 Å². The van der Waals surface area contributed by atoms with E-state index in [0.717, 1.165) is 0 Å². The molecule has 1 aliphatic heterocycles. The van der Waals surface area contributed by atoms with Gasteiger partial charge in [-0.1, -0.05) is 20.8 Å². The van der Waals surface area contributed by atoms with Crippen molar-refractivity contribution in [3.05, 3.63) is 0 Å². The van der Waals surface area contributed by atoms with E-state index in [1.165, 1.54) is 16.7 Å². The predicted octanol–water partition coefficient (Wildman–Crippen LogP) is 0.885. The molecule has 0 aromatic heterocycles. The Balaban J connectivity index is 2.51. The van der Waals surface area contributed by atoms with Gasteiger partial charge in [0.2, 0.25) is 11.8 Å². The molecule has 0 aromatic rings. The Morgan fingerprint density at radius 2 is 1.81 bits per heavy atom. The maximum Gasteiger partial charge on any atom is 0.239 e. The maximum absolute atomic E-state index is 11.5. The van der Waals surface area contributed by atoms with E-state index in [0.29, 0.717) is 17.9 Å². The number of hydrogen-bond donors (Lipinski definition) is 1. The molecule has 1 fully saturated rings. The lowest BCUT2D eigenvalue weighted by Gasteiger charge is -2.29. The molecule has 1 heterocycles. The lowest BCUT2D eigenvalue weighted by Crippen LogP contribution is -2.47. The first-order chi connectivity index (χ1) is 7.29. The van der Waals surface area contributed by atoms with Crippen LogP contribution in [-0.2, 0) is 9.59 Å². The monoisotopic (exact) mass is 245 g/mol. The number of carbonyl (C=O) groups excluding carboxylic acids is 2. The fourth-order valence-corrected chi connectivity index (χ4v) is 2.47. The highest BCUT2D eigenvalue weighted by Gasteiger charge is 2.29. The van der Waals surface area contributed by atoms with Crippen LogP contribution in [0.4, 0.5) is 0 Å². The highest BCUT2D eigenvalue weighted by Crippen LogP contribution is 2.22. The lowest BCUT2D eigenvalue weighted by molar-refractivity contribution is -0.144. The number of β-amino-alcohol motifs (C(OH)–C–C–N with tert-alkyl or cyclic N) is 1. The fraction of sp³-hybridized carbons (Fsp3) is 0.818. The molecule has 16 heavy (non-hydrogen) atoms. The summed E-state index contributed by atoms with van der Waals surface area (Å²) < 4.78 is 0. The quantitative estimate of drug-likeness (QED) is 0.750. The third-order valence-electron chi connectivity index (χ3n) is 2.29. The van der Waals surface area contributed by atoms with Gasteiger partial charge in [0.1, 0.15) is 0 Å². The van der Waals surface area contributed by atoms with Crippen LogP contribution < -0.4 is 0 Å². The summed E-state index contributed by atoms with van der Waals surface area (Å²) in [5, 5.41) is 9.82. The summed E-state index contributed by atoms with van der Waals surface area (Å²) in [7, 11) is 0. The average Bonchev–Trinajstić information content (AvgIpc) is 2.08. The van der Waals surface area contributed by atoms with Crippen LogP contribution in [0.15, 0.2) is 0 Å². The molecular formula is C11H19NO3S. The number of amides is 2. The molecule has 1 atom stereocenters.